The third-order valence-corrected chi connectivity index (χ3v) is 1.89. The lowest BCUT2D eigenvalue weighted by atomic mass is 10.3. The van der Waals surface area contributed by atoms with Gasteiger partial charge < -0.3 is 14.2 Å². The van der Waals surface area contributed by atoms with Gasteiger partial charge in [-0.2, -0.15) is 0 Å². The van der Waals surface area contributed by atoms with Crippen molar-refractivity contribution in [3.63, 3.8) is 0 Å². The molecule has 3 heteroatoms. The van der Waals surface area contributed by atoms with E-state index < -0.39 is 0 Å². The van der Waals surface area contributed by atoms with Gasteiger partial charge in [0.05, 0.1) is 12.9 Å². The summed E-state index contributed by atoms with van der Waals surface area (Å²) in [4.78, 5) is 0. The van der Waals surface area contributed by atoms with Crippen LogP contribution in [0.25, 0.3) is 0 Å². The van der Waals surface area contributed by atoms with E-state index in [-0.39, 0.29) is 6.10 Å². The maximum absolute atomic E-state index is 5.52. The number of hydrogen-bond acceptors (Lipinski definition) is 3. The van der Waals surface area contributed by atoms with Crippen LogP contribution in [0.5, 0.6) is 11.5 Å². The van der Waals surface area contributed by atoms with Crippen molar-refractivity contribution in [3.05, 3.63) is 37.1 Å². The summed E-state index contributed by atoms with van der Waals surface area (Å²) < 4.78 is 15.7. The molecule has 0 radical (unpaired) electrons. The van der Waals surface area contributed by atoms with E-state index in [1.807, 2.05) is 24.3 Å². The van der Waals surface area contributed by atoms with Crippen LogP contribution in [0.4, 0.5) is 0 Å². The maximum atomic E-state index is 5.52. The molecule has 1 unspecified atom stereocenters. The number of benzene rings is 1. The zero-order chi connectivity index (χ0) is 9.80. The van der Waals surface area contributed by atoms with Gasteiger partial charge in [0.1, 0.15) is 12.7 Å². The standard InChI is InChI=1S/C11H12O3/c1-2-12-10-5-3-4-6-11(10)14-8-9-7-13-9/h2-6,9H,1,7-8H2. The molecule has 1 aliphatic heterocycles. The van der Waals surface area contributed by atoms with E-state index in [0.29, 0.717) is 12.4 Å². The lowest BCUT2D eigenvalue weighted by Crippen LogP contribution is -2.04. The highest BCUT2D eigenvalue weighted by Crippen LogP contribution is 2.27. The first kappa shape index (κ1) is 9.09. The molecule has 1 atom stereocenters. The molecule has 14 heavy (non-hydrogen) atoms. The SMILES string of the molecule is C=COc1ccccc1OCC1CO1. The highest BCUT2D eigenvalue weighted by atomic mass is 16.6. The van der Waals surface area contributed by atoms with Gasteiger partial charge in [0.25, 0.3) is 0 Å². The molecule has 3 nitrogen and oxygen atoms in total. The van der Waals surface area contributed by atoms with Crippen LogP contribution in [0.1, 0.15) is 0 Å². The highest BCUT2D eigenvalue weighted by molar-refractivity contribution is 5.39. The van der Waals surface area contributed by atoms with Gasteiger partial charge in [-0.05, 0) is 12.1 Å². The Morgan fingerprint density at radius 2 is 2.14 bits per heavy atom. The summed E-state index contributed by atoms with van der Waals surface area (Å²) in [6.07, 6.45) is 1.64. The van der Waals surface area contributed by atoms with Crippen molar-refractivity contribution >= 4 is 0 Å². The Bertz CT molecular complexity index is 318. The van der Waals surface area contributed by atoms with Gasteiger partial charge in [-0.15, -0.1) is 0 Å². The van der Waals surface area contributed by atoms with Crippen LogP contribution in [-0.2, 0) is 4.74 Å². The Balaban J connectivity index is 2.01. The highest BCUT2D eigenvalue weighted by Gasteiger charge is 2.23. The minimum atomic E-state index is 0.256. The lowest BCUT2D eigenvalue weighted by molar-refractivity contribution is 0.255. The van der Waals surface area contributed by atoms with E-state index in [1.165, 1.54) is 6.26 Å². The predicted molar refractivity (Wildman–Crippen MR) is 52.5 cm³/mol. The first-order valence-corrected chi connectivity index (χ1v) is 4.51. The summed E-state index contributed by atoms with van der Waals surface area (Å²) in [7, 11) is 0. The predicted octanol–water partition coefficient (Wildman–Crippen LogP) is 1.99. The Labute approximate surface area is 82.9 Å². The van der Waals surface area contributed by atoms with E-state index in [0.717, 1.165) is 12.4 Å². The van der Waals surface area contributed by atoms with Crippen LogP contribution in [-0.4, -0.2) is 19.3 Å². The Morgan fingerprint density at radius 3 is 2.79 bits per heavy atom. The molecule has 0 spiro atoms. The van der Waals surface area contributed by atoms with Crippen LogP contribution >= 0.6 is 0 Å². The van der Waals surface area contributed by atoms with Gasteiger partial charge >= 0.3 is 0 Å². The maximum Gasteiger partial charge on any atom is 0.168 e. The summed E-state index contributed by atoms with van der Waals surface area (Å²) >= 11 is 0. The third kappa shape index (κ3) is 2.26. The second-order valence-electron chi connectivity index (χ2n) is 3.00. The average Bonchev–Trinajstić information content (AvgIpc) is 3.01. The van der Waals surface area contributed by atoms with Gasteiger partial charge in [0.2, 0.25) is 0 Å². The molecule has 1 heterocycles. The third-order valence-electron chi connectivity index (χ3n) is 1.89. The molecule has 0 saturated carbocycles. The van der Waals surface area contributed by atoms with Gasteiger partial charge in [0.15, 0.2) is 11.5 Å². The lowest BCUT2D eigenvalue weighted by Gasteiger charge is -2.08. The first-order chi connectivity index (χ1) is 6.90. The Kier molecular flexibility index (Phi) is 2.70. The number of ether oxygens (including phenoxy) is 3. The molecule has 1 saturated heterocycles. The summed E-state index contributed by atoms with van der Waals surface area (Å²) in [5.74, 6) is 1.41. The fourth-order valence-corrected chi connectivity index (χ4v) is 1.10. The van der Waals surface area contributed by atoms with Crippen LogP contribution in [0.3, 0.4) is 0 Å². The second kappa shape index (κ2) is 4.15. The van der Waals surface area contributed by atoms with Gasteiger partial charge in [-0.1, -0.05) is 18.7 Å². The van der Waals surface area contributed by atoms with Gasteiger partial charge in [-0.25, -0.2) is 0 Å². The van der Waals surface area contributed by atoms with Crippen molar-refractivity contribution in [1.29, 1.82) is 0 Å². The van der Waals surface area contributed by atoms with Crippen LogP contribution in [0, 0.1) is 0 Å². The molecule has 2 rings (SSSR count). The normalized spacial score (nSPS) is 18.7. The molecular formula is C11H12O3. The van der Waals surface area contributed by atoms with Gasteiger partial charge in [-0.3, -0.25) is 0 Å². The number of hydrogen-bond donors (Lipinski definition) is 0. The van der Waals surface area contributed by atoms with Crippen molar-refractivity contribution in [1.82, 2.24) is 0 Å². The molecule has 0 N–H and O–H groups in total. The minimum Gasteiger partial charge on any atom is -0.487 e. The van der Waals surface area contributed by atoms with Crippen molar-refractivity contribution < 1.29 is 14.2 Å². The molecule has 1 fully saturated rings. The second-order valence-corrected chi connectivity index (χ2v) is 3.00. The topological polar surface area (TPSA) is 31.0 Å². The van der Waals surface area contributed by atoms with E-state index in [9.17, 15) is 0 Å². The fraction of sp³-hybridized carbons (Fsp3) is 0.273. The van der Waals surface area contributed by atoms with Crippen LogP contribution < -0.4 is 9.47 Å². The van der Waals surface area contributed by atoms with Crippen LogP contribution in [0.15, 0.2) is 37.1 Å². The minimum absolute atomic E-state index is 0.256. The van der Waals surface area contributed by atoms with Gasteiger partial charge in [0, 0.05) is 0 Å². The zero-order valence-corrected chi connectivity index (χ0v) is 7.81. The quantitative estimate of drug-likeness (QED) is 0.528. The molecule has 1 aromatic rings. The summed E-state index contributed by atoms with van der Waals surface area (Å²) in [6.45, 7) is 4.88. The van der Waals surface area contributed by atoms with Crippen molar-refractivity contribution in [3.8, 4) is 11.5 Å². The summed E-state index contributed by atoms with van der Waals surface area (Å²) in [5, 5.41) is 0. The fourth-order valence-electron chi connectivity index (χ4n) is 1.10. The van der Waals surface area contributed by atoms with Crippen LogP contribution in [0.2, 0.25) is 0 Å². The zero-order valence-electron chi connectivity index (χ0n) is 7.81. The summed E-state index contributed by atoms with van der Waals surface area (Å²) in [6, 6.07) is 7.49. The summed E-state index contributed by atoms with van der Waals surface area (Å²) in [5.41, 5.74) is 0. The molecule has 0 aromatic heterocycles. The average molecular weight is 192 g/mol. The number of epoxide rings is 1. The van der Waals surface area contributed by atoms with E-state index >= 15 is 0 Å². The molecule has 0 aliphatic carbocycles. The molecule has 0 amide bonds. The number of para-hydroxylation sites is 2. The van der Waals surface area contributed by atoms with E-state index in [2.05, 4.69) is 6.58 Å². The Hall–Kier alpha value is -1.48. The Morgan fingerprint density at radius 1 is 1.43 bits per heavy atom. The molecule has 0 bridgehead atoms. The van der Waals surface area contributed by atoms with Crippen molar-refractivity contribution in [2.24, 2.45) is 0 Å². The van der Waals surface area contributed by atoms with Crippen molar-refractivity contribution in [2.75, 3.05) is 13.2 Å². The smallest absolute Gasteiger partial charge is 0.168 e. The molecule has 1 aromatic carbocycles. The van der Waals surface area contributed by atoms with E-state index in [4.69, 9.17) is 14.2 Å². The molecular weight excluding hydrogens is 180 g/mol. The van der Waals surface area contributed by atoms with E-state index in [1.54, 1.807) is 0 Å². The largest absolute Gasteiger partial charge is 0.487 e. The monoisotopic (exact) mass is 192 g/mol. The molecule has 74 valence electrons. The van der Waals surface area contributed by atoms with Crippen molar-refractivity contribution in [2.45, 2.75) is 6.10 Å². The molecule has 1 aliphatic rings. The first-order valence-electron chi connectivity index (χ1n) is 4.51. The number of rotatable bonds is 5.